The van der Waals surface area contributed by atoms with Crippen molar-refractivity contribution < 1.29 is 0 Å². The normalized spacial score (nSPS) is 11.7. The maximum absolute atomic E-state index is 6.31. The topological polar surface area (TPSA) is 41.6 Å². The van der Waals surface area contributed by atoms with E-state index in [1.165, 1.54) is 0 Å². The lowest BCUT2D eigenvalue weighted by Crippen LogP contribution is -2.33. The van der Waals surface area contributed by atoms with Crippen LogP contribution in [-0.2, 0) is 5.75 Å². The van der Waals surface area contributed by atoms with Gasteiger partial charge in [0.25, 0.3) is 0 Å². The molecular weight excluding hydrogens is 338 g/mol. The third-order valence-corrected chi connectivity index (χ3v) is 4.58. The Hall–Kier alpha value is -2.17. The first kappa shape index (κ1) is 16.7. The molecule has 0 fully saturated rings. The average molecular weight is 356 g/mol. The van der Waals surface area contributed by atoms with Crippen molar-refractivity contribution in [2.45, 2.75) is 5.75 Å². The predicted octanol–water partition coefficient (Wildman–Crippen LogP) is 5.01. The standard InChI is InChI=1S/C19H18ClN3S/c1-23(18-11-13(12-24)9-10-16(18)20)19(21)22-17-8-4-6-14-5-2-3-7-15(14)17/h2-11,24H,12H2,1H3,(H2,21,22). The van der Waals surface area contributed by atoms with Crippen molar-refractivity contribution in [3.05, 3.63) is 71.2 Å². The maximum Gasteiger partial charge on any atom is 0.200 e. The molecule has 0 unspecified atom stereocenters. The number of anilines is 1. The summed E-state index contributed by atoms with van der Waals surface area (Å²) in [5.41, 5.74) is 8.94. The van der Waals surface area contributed by atoms with Gasteiger partial charge in [0.2, 0.25) is 5.96 Å². The summed E-state index contributed by atoms with van der Waals surface area (Å²) in [6.45, 7) is 0. The van der Waals surface area contributed by atoms with Gasteiger partial charge in [-0.25, -0.2) is 4.99 Å². The van der Waals surface area contributed by atoms with Crippen LogP contribution in [0.3, 0.4) is 0 Å². The Morgan fingerprint density at radius 2 is 1.88 bits per heavy atom. The highest BCUT2D eigenvalue weighted by atomic mass is 35.5. The number of hydrogen-bond donors (Lipinski definition) is 2. The lowest BCUT2D eigenvalue weighted by atomic mass is 10.1. The Bertz CT molecular complexity index is 903. The van der Waals surface area contributed by atoms with Crippen molar-refractivity contribution in [3.63, 3.8) is 0 Å². The molecule has 3 nitrogen and oxygen atoms in total. The molecular formula is C19H18ClN3S. The Labute approximate surface area is 152 Å². The van der Waals surface area contributed by atoms with Gasteiger partial charge < -0.3 is 10.6 Å². The summed E-state index contributed by atoms with van der Waals surface area (Å²) in [6.07, 6.45) is 0. The Kier molecular flexibility index (Phi) is 4.97. The lowest BCUT2D eigenvalue weighted by Gasteiger charge is -2.20. The Balaban J connectivity index is 2.01. The molecule has 3 rings (SSSR count). The Morgan fingerprint density at radius 3 is 2.67 bits per heavy atom. The molecule has 0 saturated heterocycles. The maximum atomic E-state index is 6.31. The number of benzene rings is 3. The molecule has 0 radical (unpaired) electrons. The molecule has 0 saturated carbocycles. The van der Waals surface area contributed by atoms with E-state index in [4.69, 9.17) is 17.3 Å². The van der Waals surface area contributed by atoms with E-state index >= 15 is 0 Å². The molecule has 0 heterocycles. The van der Waals surface area contributed by atoms with Crippen LogP contribution in [0.2, 0.25) is 5.02 Å². The largest absolute Gasteiger partial charge is 0.369 e. The van der Waals surface area contributed by atoms with Crippen LogP contribution in [0.5, 0.6) is 0 Å². The van der Waals surface area contributed by atoms with Crippen molar-refractivity contribution >= 4 is 52.3 Å². The SMILES string of the molecule is CN(C(N)=Nc1cccc2ccccc12)c1cc(CS)ccc1Cl. The van der Waals surface area contributed by atoms with Gasteiger partial charge in [0.15, 0.2) is 0 Å². The molecule has 24 heavy (non-hydrogen) atoms. The van der Waals surface area contributed by atoms with Gasteiger partial charge in [-0.15, -0.1) is 0 Å². The van der Waals surface area contributed by atoms with E-state index in [2.05, 4.69) is 29.8 Å². The minimum atomic E-state index is 0.379. The van der Waals surface area contributed by atoms with E-state index in [0.29, 0.717) is 16.7 Å². The van der Waals surface area contributed by atoms with Crippen LogP contribution in [0.15, 0.2) is 65.7 Å². The number of hydrogen-bond acceptors (Lipinski definition) is 2. The first-order valence-corrected chi connectivity index (χ1v) is 8.56. The minimum absolute atomic E-state index is 0.379. The molecule has 5 heteroatoms. The molecule has 0 atom stereocenters. The highest BCUT2D eigenvalue weighted by Crippen LogP contribution is 2.29. The second-order valence-corrected chi connectivity index (χ2v) is 6.19. The van der Waals surface area contributed by atoms with Crippen molar-refractivity contribution in [1.29, 1.82) is 0 Å². The van der Waals surface area contributed by atoms with Crippen molar-refractivity contribution in [3.8, 4) is 0 Å². The highest BCUT2D eigenvalue weighted by Gasteiger charge is 2.11. The average Bonchev–Trinajstić information content (AvgIpc) is 2.62. The molecule has 0 aliphatic heterocycles. The van der Waals surface area contributed by atoms with E-state index in [-0.39, 0.29) is 0 Å². The van der Waals surface area contributed by atoms with Crippen molar-refractivity contribution in [2.24, 2.45) is 10.7 Å². The van der Waals surface area contributed by atoms with Crippen LogP contribution in [0.25, 0.3) is 10.8 Å². The fourth-order valence-corrected chi connectivity index (χ4v) is 2.98. The number of aliphatic imine (C=N–C) groups is 1. The summed E-state index contributed by atoms with van der Waals surface area (Å²) in [5, 5.41) is 2.81. The fourth-order valence-electron chi connectivity index (χ4n) is 2.54. The summed E-state index contributed by atoms with van der Waals surface area (Å²) in [5.74, 6) is 1.02. The smallest absolute Gasteiger partial charge is 0.200 e. The predicted molar refractivity (Wildman–Crippen MR) is 108 cm³/mol. The van der Waals surface area contributed by atoms with Crippen LogP contribution in [0.4, 0.5) is 11.4 Å². The summed E-state index contributed by atoms with van der Waals surface area (Å²) < 4.78 is 0. The van der Waals surface area contributed by atoms with Crippen LogP contribution in [0, 0.1) is 0 Å². The summed E-state index contributed by atoms with van der Waals surface area (Å²) >= 11 is 10.6. The van der Waals surface area contributed by atoms with Crippen LogP contribution < -0.4 is 10.6 Å². The second kappa shape index (κ2) is 7.16. The molecule has 0 spiro atoms. The third-order valence-electron chi connectivity index (χ3n) is 3.90. The molecule has 122 valence electrons. The van der Waals surface area contributed by atoms with Gasteiger partial charge in [-0.3, -0.25) is 0 Å². The molecule has 0 aliphatic rings. The number of rotatable bonds is 3. The van der Waals surface area contributed by atoms with Gasteiger partial charge in [0, 0.05) is 18.2 Å². The van der Waals surface area contributed by atoms with E-state index < -0.39 is 0 Å². The number of fused-ring (bicyclic) bond motifs is 1. The molecule has 0 aromatic heterocycles. The second-order valence-electron chi connectivity index (χ2n) is 5.47. The van der Waals surface area contributed by atoms with Crippen molar-refractivity contribution in [1.82, 2.24) is 0 Å². The molecule has 3 aromatic rings. The third kappa shape index (κ3) is 3.35. The fraction of sp³-hybridized carbons (Fsp3) is 0.105. The van der Waals surface area contributed by atoms with Crippen LogP contribution >= 0.6 is 24.2 Å². The zero-order valence-electron chi connectivity index (χ0n) is 13.3. The van der Waals surface area contributed by atoms with Gasteiger partial charge >= 0.3 is 0 Å². The zero-order chi connectivity index (χ0) is 17.1. The Morgan fingerprint density at radius 1 is 1.12 bits per heavy atom. The van der Waals surface area contributed by atoms with Gasteiger partial charge in [-0.1, -0.05) is 54.1 Å². The number of halogens is 1. The van der Waals surface area contributed by atoms with Crippen LogP contribution in [-0.4, -0.2) is 13.0 Å². The minimum Gasteiger partial charge on any atom is -0.369 e. The molecule has 3 aromatic carbocycles. The van der Waals surface area contributed by atoms with Crippen LogP contribution in [0.1, 0.15) is 5.56 Å². The number of nitrogens with zero attached hydrogens (tertiary/aromatic N) is 2. The summed E-state index contributed by atoms with van der Waals surface area (Å²) in [4.78, 5) is 6.39. The molecule has 0 aliphatic carbocycles. The van der Waals surface area contributed by atoms with Crippen molar-refractivity contribution in [2.75, 3.05) is 11.9 Å². The quantitative estimate of drug-likeness (QED) is 0.394. The first-order chi connectivity index (χ1) is 11.6. The zero-order valence-corrected chi connectivity index (χ0v) is 14.9. The van der Waals surface area contributed by atoms with E-state index in [1.807, 2.05) is 55.6 Å². The molecule has 0 bridgehead atoms. The van der Waals surface area contributed by atoms with Gasteiger partial charge in [-0.05, 0) is 29.1 Å². The monoisotopic (exact) mass is 355 g/mol. The van der Waals surface area contributed by atoms with Gasteiger partial charge in [0.05, 0.1) is 16.4 Å². The number of guanidine groups is 1. The first-order valence-electron chi connectivity index (χ1n) is 7.55. The van der Waals surface area contributed by atoms with Gasteiger partial charge in [-0.2, -0.15) is 12.6 Å². The van der Waals surface area contributed by atoms with E-state index in [1.54, 1.807) is 4.90 Å². The van der Waals surface area contributed by atoms with E-state index in [0.717, 1.165) is 27.7 Å². The number of nitrogens with two attached hydrogens (primary N) is 1. The summed E-state index contributed by atoms with van der Waals surface area (Å²) in [7, 11) is 1.85. The summed E-state index contributed by atoms with van der Waals surface area (Å²) in [6, 6.07) is 19.9. The molecule has 2 N–H and O–H groups in total. The molecule has 0 amide bonds. The van der Waals surface area contributed by atoms with E-state index in [9.17, 15) is 0 Å². The highest BCUT2D eigenvalue weighted by molar-refractivity contribution is 7.79. The number of thiol groups is 1. The van der Waals surface area contributed by atoms with Gasteiger partial charge in [0.1, 0.15) is 0 Å². The lowest BCUT2D eigenvalue weighted by molar-refractivity contribution is 1.21.